The fourth-order valence-electron chi connectivity index (χ4n) is 4.17. The second-order valence-corrected chi connectivity index (χ2v) is 9.40. The smallest absolute Gasteiger partial charge is 0.237 e. The molecular formula is C27H20Cl2FN5O. The van der Waals surface area contributed by atoms with Gasteiger partial charge in [-0.05, 0) is 67.4 Å². The summed E-state index contributed by atoms with van der Waals surface area (Å²) in [5.41, 5.74) is 4.93. The molecule has 1 aliphatic heterocycles. The SMILES string of the molecule is COc1ncccc1Nc1cc2nc3cc(F)ccc3n(-c3ccc(Cl)c(Cl)c3)c-2cc1=NC1CC1. The van der Waals surface area contributed by atoms with Crippen molar-refractivity contribution in [2.75, 3.05) is 12.4 Å². The molecule has 180 valence electrons. The summed E-state index contributed by atoms with van der Waals surface area (Å²) in [6.45, 7) is 0. The molecule has 36 heavy (non-hydrogen) atoms. The van der Waals surface area contributed by atoms with Gasteiger partial charge in [-0.15, -0.1) is 0 Å². The molecule has 0 atom stereocenters. The molecule has 0 spiro atoms. The van der Waals surface area contributed by atoms with Crippen LogP contribution in [-0.2, 0) is 0 Å². The zero-order chi connectivity index (χ0) is 24.8. The topological polar surface area (TPSA) is 64.3 Å². The summed E-state index contributed by atoms with van der Waals surface area (Å²) in [6, 6.07) is 17.9. The minimum Gasteiger partial charge on any atom is -0.480 e. The monoisotopic (exact) mass is 519 g/mol. The van der Waals surface area contributed by atoms with E-state index in [0.29, 0.717) is 32.8 Å². The van der Waals surface area contributed by atoms with Crippen molar-refractivity contribution in [1.82, 2.24) is 14.5 Å². The van der Waals surface area contributed by atoms with Gasteiger partial charge in [-0.2, -0.15) is 0 Å². The zero-order valence-corrected chi connectivity index (χ0v) is 20.7. The summed E-state index contributed by atoms with van der Waals surface area (Å²) in [4.78, 5) is 14.0. The average molecular weight is 520 g/mol. The number of nitrogens with one attached hydrogen (secondary N) is 1. The third kappa shape index (κ3) is 4.25. The number of hydrogen-bond donors (Lipinski definition) is 1. The Hall–Kier alpha value is -3.68. The second-order valence-electron chi connectivity index (χ2n) is 8.58. The van der Waals surface area contributed by atoms with E-state index in [9.17, 15) is 4.39 Å². The summed E-state index contributed by atoms with van der Waals surface area (Å²) < 4.78 is 21.6. The quantitative estimate of drug-likeness (QED) is 0.259. The first-order chi connectivity index (χ1) is 17.5. The number of fused-ring (bicyclic) bond motifs is 2. The number of ether oxygens (including phenoxy) is 1. The summed E-state index contributed by atoms with van der Waals surface area (Å²) in [5, 5.41) is 5.07. The van der Waals surface area contributed by atoms with Crippen LogP contribution in [0.25, 0.3) is 28.1 Å². The lowest BCUT2D eigenvalue weighted by Crippen LogP contribution is -2.16. The Morgan fingerprint density at radius 2 is 1.89 bits per heavy atom. The van der Waals surface area contributed by atoms with Gasteiger partial charge >= 0.3 is 0 Å². The van der Waals surface area contributed by atoms with E-state index >= 15 is 0 Å². The third-order valence-electron chi connectivity index (χ3n) is 6.02. The van der Waals surface area contributed by atoms with Gasteiger partial charge < -0.3 is 14.6 Å². The van der Waals surface area contributed by atoms with E-state index in [-0.39, 0.29) is 11.9 Å². The van der Waals surface area contributed by atoms with Crippen molar-refractivity contribution in [3.05, 3.63) is 88.1 Å². The number of rotatable bonds is 5. The zero-order valence-electron chi connectivity index (χ0n) is 19.2. The lowest BCUT2D eigenvalue weighted by Gasteiger charge is -2.21. The number of nitrogens with zero attached hydrogens (tertiary/aromatic N) is 4. The van der Waals surface area contributed by atoms with Gasteiger partial charge in [-0.1, -0.05) is 23.2 Å². The fourth-order valence-corrected chi connectivity index (χ4v) is 4.46. The van der Waals surface area contributed by atoms with Crippen molar-refractivity contribution >= 4 is 45.6 Å². The van der Waals surface area contributed by atoms with Crippen LogP contribution in [0.3, 0.4) is 0 Å². The van der Waals surface area contributed by atoms with Gasteiger partial charge in [-0.3, -0.25) is 4.99 Å². The predicted octanol–water partition coefficient (Wildman–Crippen LogP) is 6.79. The average Bonchev–Trinajstić information content (AvgIpc) is 3.69. The number of aromatic nitrogens is 3. The molecule has 0 radical (unpaired) electrons. The first kappa shape index (κ1) is 22.8. The molecule has 2 aromatic carbocycles. The highest BCUT2D eigenvalue weighted by molar-refractivity contribution is 6.42. The standard InChI is InChI=1S/C27H20Cl2FN5O/c1-36-27-20(3-2-10-31-27)33-21-13-24-26(14-22(21)32-16-5-6-16)35(17-7-8-18(28)19(29)12-17)25-9-4-15(30)11-23(25)34-24/h2-4,7-14,16,33H,5-6H2,1H3. The molecule has 1 N–H and O–H groups in total. The maximum atomic E-state index is 14.2. The van der Waals surface area contributed by atoms with Crippen LogP contribution < -0.4 is 15.4 Å². The Kier molecular flexibility index (Phi) is 5.74. The van der Waals surface area contributed by atoms with E-state index in [1.165, 1.54) is 12.1 Å². The molecular weight excluding hydrogens is 500 g/mol. The number of methoxy groups -OCH3 is 1. The number of benzene rings is 3. The highest BCUT2D eigenvalue weighted by Crippen LogP contribution is 2.34. The molecule has 2 aliphatic carbocycles. The van der Waals surface area contributed by atoms with Crippen LogP contribution in [-0.4, -0.2) is 27.7 Å². The Morgan fingerprint density at radius 1 is 1.03 bits per heavy atom. The molecule has 2 heterocycles. The van der Waals surface area contributed by atoms with Crippen LogP contribution in [0.5, 0.6) is 5.88 Å². The number of halogens is 3. The van der Waals surface area contributed by atoms with E-state index in [1.54, 1.807) is 31.5 Å². The van der Waals surface area contributed by atoms with E-state index in [2.05, 4.69) is 10.3 Å². The van der Waals surface area contributed by atoms with Crippen LogP contribution in [0.15, 0.2) is 71.9 Å². The van der Waals surface area contributed by atoms with Gasteiger partial charge in [0.25, 0.3) is 0 Å². The highest BCUT2D eigenvalue weighted by atomic mass is 35.5. The van der Waals surface area contributed by atoms with Crippen LogP contribution in [0.2, 0.25) is 10.0 Å². The Bertz CT molecular complexity index is 1660. The molecule has 3 aromatic rings. The molecule has 0 unspecified atom stereocenters. The van der Waals surface area contributed by atoms with Crippen LogP contribution in [0, 0.1) is 5.82 Å². The fraction of sp³-hybridized carbons (Fsp3) is 0.148. The highest BCUT2D eigenvalue weighted by Gasteiger charge is 2.22. The molecule has 1 aromatic heterocycles. The predicted molar refractivity (Wildman–Crippen MR) is 140 cm³/mol. The molecule has 6 nitrogen and oxygen atoms in total. The van der Waals surface area contributed by atoms with Gasteiger partial charge in [0.2, 0.25) is 5.88 Å². The van der Waals surface area contributed by atoms with E-state index < -0.39 is 0 Å². The number of hydrogen-bond acceptors (Lipinski definition) is 5. The Balaban J connectivity index is 1.65. The Labute approximate surface area is 216 Å². The van der Waals surface area contributed by atoms with Crippen molar-refractivity contribution < 1.29 is 9.13 Å². The van der Waals surface area contributed by atoms with Crippen molar-refractivity contribution in [1.29, 1.82) is 0 Å². The summed E-state index contributed by atoms with van der Waals surface area (Å²) >= 11 is 12.6. The second kappa shape index (κ2) is 9.08. The van der Waals surface area contributed by atoms with Crippen molar-refractivity contribution in [2.24, 2.45) is 4.99 Å². The summed E-state index contributed by atoms with van der Waals surface area (Å²) in [7, 11) is 1.58. The van der Waals surface area contributed by atoms with Gasteiger partial charge in [-0.25, -0.2) is 14.4 Å². The molecule has 0 saturated heterocycles. The van der Waals surface area contributed by atoms with E-state index in [1.807, 2.05) is 34.9 Å². The van der Waals surface area contributed by atoms with Crippen LogP contribution in [0.4, 0.5) is 15.8 Å². The number of anilines is 2. The lowest BCUT2D eigenvalue weighted by molar-refractivity contribution is 0.400. The first-order valence-corrected chi connectivity index (χ1v) is 12.2. The van der Waals surface area contributed by atoms with Gasteiger partial charge in [0.15, 0.2) is 0 Å². The largest absolute Gasteiger partial charge is 0.480 e. The van der Waals surface area contributed by atoms with Gasteiger partial charge in [0.1, 0.15) is 11.5 Å². The molecule has 1 saturated carbocycles. The van der Waals surface area contributed by atoms with Gasteiger partial charge in [0.05, 0.1) is 56.7 Å². The van der Waals surface area contributed by atoms with Crippen molar-refractivity contribution in [2.45, 2.75) is 18.9 Å². The summed E-state index contributed by atoms with van der Waals surface area (Å²) in [6.07, 6.45) is 3.77. The lowest BCUT2D eigenvalue weighted by atomic mass is 10.1. The van der Waals surface area contributed by atoms with Crippen LogP contribution in [0.1, 0.15) is 12.8 Å². The maximum absolute atomic E-state index is 14.2. The van der Waals surface area contributed by atoms with Gasteiger partial charge in [0, 0.05) is 18.0 Å². The van der Waals surface area contributed by atoms with Crippen molar-refractivity contribution in [3.63, 3.8) is 0 Å². The molecule has 0 amide bonds. The molecule has 0 bridgehead atoms. The van der Waals surface area contributed by atoms with E-state index in [0.717, 1.165) is 40.8 Å². The minimum absolute atomic E-state index is 0.278. The normalized spacial score (nSPS) is 13.9. The third-order valence-corrected chi connectivity index (χ3v) is 6.76. The Morgan fingerprint density at radius 3 is 2.67 bits per heavy atom. The molecule has 9 heteroatoms. The molecule has 1 fully saturated rings. The minimum atomic E-state index is -0.367. The molecule has 3 aliphatic rings. The van der Waals surface area contributed by atoms with E-state index in [4.69, 9.17) is 37.9 Å². The molecule has 6 rings (SSSR count). The maximum Gasteiger partial charge on any atom is 0.237 e. The van der Waals surface area contributed by atoms with Crippen LogP contribution >= 0.6 is 23.2 Å². The van der Waals surface area contributed by atoms with Crippen molar-refractivity contribution in [3.8, 4) is 23.0 Å². The summed E-state index contributed by atoms with van der Waals surface area (Å²) in [5.74, 6) is 0.100. The first-order valence-electron chi connectivity index (χ1n) is 11.4. The number of pyridine rings is 1.